The van der Waals surface area contributed by atoms with Crippen LogP contribution in [-0.2, 0) is 9.53 Å². The van der Waals surface area contributed by atoms with Gasteiger partial charge in [-0.3, -0.25) is 4.79 Å². The largest absolute Gasteiger partial charge is 0.383 e. The summed E-state index contributed by atoms with van der Waals surface area (Å²) in [7, 11) is 1.65. The molecule has 78 valence electrons. The maximum atomic E-state index is 11.3. The van der Waals surface area contributed by atoms with Gasteiger partial charge >= 0.3 is 0 Å². The molecular weight excluding hydrogens is 166 g/mol. The zero-order valence-corrected chi connectivity index (χ0v) is 9.09. The summed E-state index contributed by atoms with van der Waals surface area (Å²) in [4.78, 5) is 11.3. The number of rotatable bonds is 6. The quantitative estimate of drug-likeness (QED) is 0.685. The first kappa shape index (κ1) is 12.4. The van der Waals surface area contributed by atoms with Gasteiger partial charge in [-0.15, -0.1) is 0 Å². The third-order valence-electron chi connectivity index (χ3n) is 1.97. The molecule has 0 aromatic rings. The Bertz CT molecular complexity index is 146. The highest BCUT2D eigenvalue weighted by Gasteiger charge is 2.14. The molecule has 1 amide bonds. The lowest BCUT2D eigenvalue weighted by Gasteiger charge is -2.21. The average Bonchev–Trinajstić information content (AvgIpc) is 2.04. The fourth-order valence-corrected chi connectivity index (χ4v) is 1.09. The Balaban J connectivity index is 3.86. The van der Waals surface area contributed by atoms with Crippen molar-refractivity contribution in [2.45, 2.75) is 39.7 Å². The summed E-state index contributed by atoms with van der Waals surface area (Å²) in [6, 6.07) is 0.143. The Morgan fingerprint density at radius 1 is 1.46 bits per heavy atom. The van der Waals surface area contributed by atoms with Crippen LogP contribution in [0.15, 0.2) is 0 Å². The molecule has 0 aromatic carbocycles. The predicted octanol–water partition coefficient (Wildman–Crippen LogP) is 1.57. The molecule has 0 fully saturated rings. The van der Waals surface area contributed by atoms with Gasteiger partial charge in [0.2, 0.25) is 5.91 Å². The number of hydrogen-bond acceptors (Lipinski definition) is 2. The molecule has 1 unspecified atom stereocenters. The molecule has 0 radical (unpaired) electrons. The molecule has 0 rings (SSSR count). The number of carbonyl (C=O) groups excluding carboxylic acids is 1. The minimum Gasteiger partial charge on any atom is -0.383 e. The molecule has 0 heterocycles. The summed E-state index contributed by atoms with van der Waals surface area (Å²) in [6.07, 6.45) is 1.50. The minimum absolute atomic E-state index is 0.123. The molecule has 0 spiro atoms. The van der Waals surface area contributed by atoms with Crippen molar-refractivity contribution in [2.24, 2.45) is 5.92 Å². The van der Waals surface area contributed by atoms with E-state index in [2.05, 4.69) is 19.2 Å². The van der Waals surface area contributed by atoms with Gasteiger partial charge in [-0.05, 0) is 12.3 Å². The van der Waals surface area contributed by atoms with E-state index in [9.17, 15) is 4.79 Å². The molecule has 0 aromatic heterocycles. The number of carbonyl (C=O) groups is 1. The van der Waals surface area contributed by atoms with E-state index >= 15 is 0 Å². The Morgan fingerprint density at radius 2 is 2.08 bits per heavy atom. The Kier molecular flexibility index (Phi) is 6.59. The molecule has 0 aliphatic heterocycles. The second kappa shape index (κ2) is 6.89. The van der Waals surface area contributed by atoms with Crippen molar-refractivity contribution in [1.29, 1.82) is 0 Å². The summed E-state index contributed by atoms with van der Waals surface area (Å²) >= 11 is 0. The van der Waals surface area contributed by atoms with Crippen LogP contribution < -0.4 is 5.32 Å². The van der Waals surface area contributed by atoms with E-state index in [0.29, 0.717) is 18.9 Å². The molecule has 3 nitrogen and oxygen atoms in total. The van der Waals surface area contributed by atoms with Crippen molar-refractivity contribution < 1.29 is 9.53 Å². The van der Waals surface area contributed by atoms with Crippen molar-refractivity contribution >= 4 is 5.91 Å². The zero-order chi connectivity index (χ0) is 10.3. The smallest absolute Gasteiger partial charge is 0.220 e. The van der Waals surface area contributed by atoms with Gasteiger partial charge in [0.1, 0.15) is 0 Å². The van der Waals surface area contributed by atoms with Gasteiger partial charge < -0.3 is 10.1 Å². The number of hydrogen-bond donors (Lipinski definition) is 1. The first-order chi connectivity index (χ1) is 6.11. The van der Waals surface area contributed by atoms with Crippen molar-refractivity contribution in [3.05, 3.63) is 0 Å². The maximum Gasteiger partial charge on any atom is 0.220 e. The van der Waals surface area contributed by atoms with Gasteiger partial charge in [-0.2, -0.15) is 0 Å². The molecule has 0 bridgehead atoms. The van der Waals surface area contributed by atoms with E-state index in [4.69, 9.17) is 4.74 Å². The second-order valence-electron chi connectivity index (χ2n) is 3.62. The highest BCUT2D eigenvalue weighted by atomic mass is 16.5. The fourth-order valence-electron chi connectivity index (χ4n) is 1.09. The van der Waals surface area contributed by atoms with Crippen LogP contribution in [0, 0.1) is 5.92 Å². The van der Waals surface area contributed by atoms with Crippen LogP contribution in [0.1, 0.15) is 33.6 Å². The summed E-state index contributed by atoms with van der Waals surface area (Å²) < 4.78 is 5.03. The summed E-state index contributed by atoms with van der Waals surface area (Å²) in [5.74, 6) is 0.541. The molecule has 1 atom stereocenters. The van der Waals surface area contributed by atoms with Gasteiger partial charge in [0, 0.05) is 13.5 Å². The van der Waals surface area contributed by atoms with Gasteiger partial charge in [-0.1, -0.05) is 20.8 Å². The highest BCUT2D eigenvalue weighted by Crippen LogP contribution is 2.02. The van der Waals surface area contributed by atoms with Crippen LogP contribution in [0.25, 0.3) is 0 Å². The van der Waals surface area contributed by atoms with E-state index in [1.807, 2.05) is 6.92 Å². The Labute approximate surface area is 80.8 Å². The summed E-state index contributed by atoms with van der Waals surface area (Å²) in [5.41, 5.74) is 0. The molecule has 0 aliphatic carbocycles. The number of nitrogens with one attached hydrogen (secondary N) is 1. The lowest BCUT2D eigenvalue weighted by Crippen LogP contribution is -2.41. The third-order valence-corrected chi connectivity index (χ3v) is 1.97. The molecular formula is C10H21NO2. The third kappa shape index (κ3) is 5.64. The van der Waals surface area contributed by atoms with Crippen LogP contribution in [0.3, 0.4) is 0 Å². The molecule has 3 heteroatoms. The molecule has 0 aliphatic rings. The van der Waals surface area contributed by atoms with E-state index in [1.54, 1.807) is 7.11 Å². The number of methoxy groups -OCH3 is 1. The normalized spacial score (nSPS) is 13.0. The SMILES string of the molecule is CCCC(=O)NC(COC)C(C)C. The standard InChI is InChI=1S/C10H21NO2/c1-5-6-10(12)11-9(7-13-4)8(2)3/h8-9H,5-7H2,1-4H3,(H,11,12). The Morgan fingerprint density at radius 3 is 2.46 bits per heavy atom. The summed E-state index contributed by atoms with van der Waals surface area (Å²) in [5, 5.41) is 2.95. The van der Waals surface area contributed by atoms with E-state index in [0.717, 1.165) is 6.42 Å². The zero-order valence-electron chi connectivity index (χ0n) is 9.09. The second-order valence-corrected chi connectivity index (χ2v) is 3.62. The van der Waals surface area contributed by atoms with Crippen LogP contribution >= 0.6 is 0 Å². The van der Waals surface area contributed by atoms with Crippen molar-refractivity contribution in [3.63, 3.8) is 0 Å². The van der Waals surface area contributed by atoms with E-state index in [1.165, 1.54) is 0 Å². The van der Waals surface area contributed by atoms with Crippen LogP contribution in [-0.4, -0.2) is 25.7 Å². The average molecular weight is 187 g/mol. The van der Waals surface area contributed by atoms with Crippen LogP contribution in [0.2, 0.25) is 0 Å². The van der Waals surface area contributed by atoms with Gasteiger partial charge in [0.15, 0.2) is 0 Å². The Hall–Kier alpha value is -0.570. The molecule has 0 saturated carbocycles. The topological polar surface area (TPSA) is 38.3 Å². The maximum absolute atomic E-state index is 11.3. The lowest BCUT2D eigenvalue weighted by molar-refractivity contribution is -0.122. The monoisotopic (exact) mass is 187 g/mol. The summed E-state index contributed by atoms with van der Waals surface area (Å²) in [6.45, 7) is 6.75. The molecule has 1 N–H and O–H groups in total. The lowest BCUT2D eigenvalue weighted by atomic mass is 10.1. The first-order valence-electron chi connectivity index (χ1n) is 4.90. The van der Waals surface area contributed by atoms with Gasteiger partial charge in [0.25, 0.3) is 0 Å². The van der Waals surface area contributed by atoms with E-state index in [-0.39, 0.29) is 11.9 Å². The van der Waals surface area contributed by atoms with E-state index < -0.39 is 0 Å². The minimum atomic E-state index is 0.123. The fraction of sp³-hybridized carbons (Fsp3) is 0.900. The predicted molar refractivity (Wildman–Crippen MR) is 53.6 cm³/mol. The first-order valence-corrected chi connectivity index (χ1v) is 4.90. The number of ether oxygens (including phenoxy) is 1. The van der Waals surface area contributed by atoms with Crippen molar-refractivity contribution in [2.75, 3.05) is 13.7 Å². The van der Waals surface area contributed by atoms with Crippen LogP contribution in [0.4, 0.5) is 0 Å². The van der Waals surface area contributed by atoms with Gasteiger partial charge in [0.05, 0.1) is 12.6 Å². The van der Waals surface area contributed by atoms with Crippen molar-refractivity contribution in [3.8, 4) is 0 Å². The van der Waals surface area contributed by atoms with Crippen molar-refractivity contribution in [1.82, 2.24) is 5.32 Å². The number of amides is 1. The molecule has 13 heavy (non-hydrogen) atoms. The molecule has 0 saturated heterocycles. The highest BCUT2D eigenvalue weighted by molar-refractivity contribution is 5.76. The van der Waals surface area contributed by atoms with Crippen LogP contribution in [0.5, 0.6) is 0 Å². The van der Waals surface area contributed by atoms with Gasteiger partial charge in [-0.25, -0.2) is 0 Å².